The van der Waals surface area contributed by atoms with Gasteiger partial charge in [0.25, 0.3) is 6.10 Å². The molecule has 0 aliphatic carbocycles. The summed E-state index contributed by atoms with van der Waals surface area (Å²) in [5.41, 5.74) is 6.33. The Balaban J connectivity index is 0.000000684. The molecule has 28 heavy (non-hydrogen) atoms. The van der Waals surface area contributed by atoms with E-state index in [0.29, 0.717) is 5.75 Å². The summed E-state index contributed by atoms with van der Waals surface area (Å²) < 4.78 is 15.0. The highest BCUT2D eigenvalue weighted by molar-refractivity contribution is 5.98. The van der Waals surface area contributed by atoms with E-state index in [1.165, 1.54) is 19.3 Å². The number of hydrogen-bond donors (Lipinski definition) is 2. The quantitative estimate of drug-likeness (QED) is 0.318. The van der Waals surface area contributed by atoms with Crippen molar-refractivity contribution in [2.75, 3.05) is 32.8 Å². The molecule has 0 aliphatic heterocycles. The van der Waals surface area contributed by atoms with Gasteiger partial charge in [0, 0.05) is 13.1 Å². The zero-order valence-electron chi connectivity index (χ0n) is 17.7. The molecule has 7 nitrogen and oxygen atoms in total. The predicted octanol–water partition coefficient (Wildman–Crippen LogP) is 2.59. The molecular formula is C21H36N2O5. The minimum Gasteiger partial charge on any atom is -0.467 e. The number of ether oxygens (including phenoxy) is 3. The zero-order chi connectivity index (χ0) is 21.2. The van der Waals surface area contributed by atoms with Gasteiger partial charge in [0.15, 0.2) is 0 Å². The number of hydrogen-bond acceptors (Lipinski definition) is 7. The topological polar surface area (TPSA) is 99.9 Å². The lowest BCUT2D eigenvalue weighted by Crippen LogP contribution is -2.38. The van der Waals surface area contributed by atoms with Crippen molar-refractivity contribution in [3.63, 3.8) is 0 Å². The maximum atomic E-state index is 11.7. The molecule has 0 aromatic heterocycles. The van der Waals surface area contributed by atoms with E-state index in [4.69, 9.17) is 19.9 Å². The number of carbonyl (C=O) groups is 2. The number of nitrogens with two attached hydrogens (primary N) is 1. The Morgan fingerprint density at radius 3 is 2.00 bits per heavy atom. The summed E-state index contributed by atoms with van der Waals surface area (Å²) >= 11 is 0. The Morgan fingerprint density at radius 1 is 0.964 bits per heavy atom. The van der Waals surface area contributed by atoms with Crippen molar-refractivity contribution in [3.8, 4) is 5.75 Å². The zero-order valence-corrected chi connectivity index (χ0v) is 17.7. The molecule has 0 fully saturated rings. The van der Waals surface area contributed by atoms with Gasteiger partial charge in [-0.15, -0.1) is 0 Å². The first kappa shape index (κ1) is 25.9. The van der Waals surface area contributed by atoms with E-state index in [1.807, 2.05) is 19.1 Å². The van der Waals surface area contributed by atoms with Crippen molar-refractivity contribution in [3.05, 3.63) is 29.8 Å². The van der Waals surface area contributed by atoms with E-state index in [2.05, 4.69) is 12.2 Å². The Labute approximate surface area is 168 Å². The summed E-state index contributed by atoms with van der Waals surface area (Å²) in [4.78, 5) is 23.4. The lowest BCUT2D eigenvalue weighted by molar-refractivity contribution is -0.166. The molecule has 0 radical (unpaired) electrons. The standard InChI is InChI=1S/C14H18O5.C7H18N2/c1-4-17-13(15)12(14(16)18-5-2)19-11-8-6-10(3)7-9-11;1-2-3-4-6-9-7-5-8/h6-9,12H,4-5H2,1-3H3;9H,2-8H2,1H3. The molecule has 1 aromatic carbocycles. The Hall–Kier alpha value is -2.12. The van der Waals surface area contributed by atoms with Crippen LogP contribution < -0.4 is 15.8 Å². The first-order chi connectivity index (χ1) is 13.5. The number of rotatable bonds is 12. The van der Waals surface area contributed by atoms with Crippen LogP contribution in [0.25, 0.3) is 0 Å². The molecule has 0 atom stereocenters. The van der Waals surface area contributed by atoms with Gasteiger partial charge < -0.3 is 25.3 Å². The molecule has 0 heterocycles. The number of carbonyl (C=O) groups excluding carboxylic acids is 2. The van der Waals surface area contributed by atoms with Crippen LogP contribution in [0.1, 0.15) is 45.6 Å². The van der Waals surface area contributed by atoms with Gasteiger partial charge in [-0.2, -0.15) is 0 Å². The highest BCUT2D eigenvalue weighted by Crippen LogP contribution is 2.14. The Bertz CT molecular complexity index is 510. The van der Waals surface area contributed by atoms with E-state index < -0.39 is 18.0 Å². The van der Waals surface area contributed by atoms with E-state index >= 15 is 0 Å². The smallest absolute Gasteiger partial charge is 0.359 e. The molecule has 3 N–H and O–H groups in total. The van der Waals surface area contributed by atoms with Gasteiger partial charge in [0.1, 0.15) is 5.75 Å². The summed E-state index contributed by atoms with van der Waals surface area (Å²) in [5, 5.41) is 3.24. The van der Waals surface area contributed by atoms with Crippen LogP contribution in [-0.2, 0) is 19.1 Å². The second-order valence-corrected chi connectivity index (χ2v) is 6.06. The number of unbranched alkanes of at least 4 members (excludes halogenated alkanes) is 2. The molecule has 0 spiro atoms. The van der Waals surface area contributed by atoms with Crippen LogP contribution in [0.3, 0.4) is 0 Å². The van der Waals surface area contributed by atoms with Crippen LogP contribution >= 0.6 is 0 Å². The molecule has 0 amide bonds. The van der Waals surface area contributed by atoms with Crippen molar-refractivity contribution < 1.29 is 23.8 Å². The molecule has 0 saturated carbocycles. The number of aryl methyl sites for hydroxylation is 1. The van der Waals surface area contributed by atoms with Gasteiger partial charge in [-0.25, -0.2) is 9.59 Å². The van der Waals surface area contributed by atoms with Gasteiger partial charge >= 0.3 is 11.9 Å². The third kappa shape index (κ3) is 12.3. The maximum Gasteiger partial charge on any atom is 0.359 e. The van der Waals surface area contributed by atoms with Crippen molar-refractivity contribution in [2.45, 2.75) is 53.1 Å². The summed E-state index contributed by atoms with van der Waals surface area (Å²) in [7, 11) is 0. The Kier molecular flexibility index (Phi) is 15.7. The summed E-state index contributed by atoms with van der Waals surface area (Å²) in [5.74, 6) is -1.08. The van der Waals surface area contributed by atoms with E-state index in [0.717, 1.165) is 25.2 Å². The SMILES string of the molecule is CCCCCNCCN.CCOC(=O)C(Oc1ccc(C)cc1)C(=O)OCC. The highest BCUT2D eigenvalue weighted by Gasteiger charge is 2.31. The molecule has 0 saturated heterocycles. The number of nitrogens with one attached hydrogen (secondary N) is 1. The molecule has 1 aromatic rings. The molecule has 0 aliphatic rings. The van der Waals surface area contributed by atoms with Gasteiger partial charge in [-0.05, 0) is 45.9 Å². The first-order valence-corrected chi connectivity index (χ1v) is 9.97. The van der Waals surface area contributed by atoms with E-state index in [9.17, 15) is 9.59 Å². The van der Waals surface area contributed by atoms with Gasteiger partial charge in [-0.3, -0.25) is 0 Å². The van der Waals surface area contributed by atoms with Crippen LogP contribution in [0.2, 0.25) is 0 Å². The fourth-order valence-electron chi connectivity index (χ4n) is 2.11. The number of esters is 2. The average Bonchev–Trinajstić information content (AvgIpc) is 2.68. The average molecular weight is 397 g/mol. The third-order valence-electron chi connectivity index (χ3n) is 3.55. The second-order valence-electron chi connectivity index (χ2n) is 6.06. The fraction of sp³-hybridized carbons (Fsp3) is 0.619. The lowest BCUT2D eigenvalue weighted by Gasteiger charge is -2.16. The highest BCUT2D eigenvalue weighted by atomic mass is 16.6. The monoisotopic (exact) mass is 396 g/mol. The fourth-order valence-corrected chi connectivity index (χ4v) is 2.11. The van der Waals surface area contributed by atoms with Crippen molar-refractivity contribution in [1.29, 1.82) is 0 Å². The number of benzene rings is 1. The van der Waals surface area contributed by atoms with Crippen LogP contribution in [0.5, 0.6) is 5.75 Å². The largest absolute Gasteiger partial charge is 0.467 e. The van der Waals surface area contributed by atoms with Crippen molar-refractivity contribution in [2.24, 2.45) is 5.73 Å². The molecule has 0 unspecified atom stereocenters. The lowest BCUT2D eigenvalue weighted by atomic mass is 10.2. The molecule has 0 bridgehead atoms. The van der Waals surface area contributed by atoms with Crippen LogP contribution in [0.15, 0.2) is 24.3 Å². The molecule has 160 valence electrons. The van der Waals surface area contributed by atoms with Crippen LogP contribution in [-0.4, -0.2) is 50.9 Å². The second kappa shape index (κ2) is 17.0. The molecule has 7 heteroatoms. The predicted molar refractivity (Wildman–Crippen MR) is 110 cm³/mol. The van der Waals surface area contributed by atoms with Crippen molar-refractivity contribution >= 4 is 11.9 Å². The van der Waals surface area contributed by atoms with Crippen LogP contribution in [0, 0.1) is 6.92 Å². The van der Waals surface area contributed by atoms with Gasteiger partial charge in [0.05, 0.1) is 13.2 Å². The van der Waals surface area contributed by atoms with Gasteiger partial charge in [-0.1, -0.05) is 37.5 Å². The van der Waals surface area contributed by atoms with E-state index in [-0.39, 0.29) is 13.2 Å². The molecule has 1 rings (SSSR count). The Morgan fingerprint density at radius 2 is 1.54 bits per heavy atom. The van der Waals surface area contributed by atoms with Crippen LogP contribution in [0.4, 0.5) is 0 Å². The normalized spacial score (nSPS) is 10.1. The summed E-state index contributed by atoms with van der Waals surface area (Å²) in [6.45, 7) is 10.7. The minimum atomic E-state index is -1.39. The summed E-state index contributed by atoms with van der Waals surface area (Å²) in [6, 6.07) is 7.01. The molecular weight excluding hydrogens is 360 g/mol. The van der Waals surface area contributed by atoms with Gasteiger partial charge in [0.2, 0.25) is 0 Å². The summed E-state index contributed by atoms with van der Waals surface area (Å²) in [6.07, 6.45) is 2.53. The minimum absolute atomic E-state index is 0.173. The first-order valence-electron chi connectivity index (χ1n) is 9.97. The van der Waals surface area contributed by atoms with Crippen molar-refractivity contribution in [1.82, 2.24) is 5.32 Å². The third-order valence-corrected chi connectivity index (χ3v) is 3.55. The maximum absolute atomic E-state index is 11.7. The van der Waals surface area contributed by atoms with E-state index in [1.54, 1.807) is 26.0 Å².